The number of aliphatic hydroxyl groups is 1. The molecule has 0 bridgehead atoms. The van der Waals surface area contributed by atoms with Crippen LogP contribution >= 0.6 is 0 Å². The largest absolute Gasteiger partial charge is 0.497 e. The van der Waals surface area contributed by atoms with Crippen molar-refractivity contribution in [3.05, 3.63) is 29.8 Å². The van der Waals surface area contributed by atoms with Gasteiger partial charge in [-0.25, -0.2) is 0 Å². The Morgan fingerprint density at radius 3 is 2.52 bits per heavy atom. The molecule has 1 aromatic rings. The summed E-state index contributed by atoms with van der Waals surface area (Å²) in [5.74, 6) is 1.60. The fourth-order valence-corrected chi connectivity index (χ4v) is 3.18. The van der Waals surface area contributed by atoms with Crippen molar-refractivity contribution in [1.29, 1.82) is 0 Å². The molecular weight excluding hydrogens is 262 g/mol. The highest BCUT2D eigenvalue weighted by atomic mass is 16.5. The van der Waals surface area contributed by atoms with Crippen LogP contribution in [-0.4, -0.2) is 36.8 Å². The van der Waals surface area contributed by atoms with Gasteiger partial charge in [-0.3, -0.25) is 0 Å². The first-order valence-electron chi connectivity index (χ1n) is 7.94. The number of β-amino-alcohol motifs (C(OH)–C–C–N with tert-alkyl or cyclic N) is 1. The molecule has 1 N–H and O–H groups in total. The lowest BCUT2D eigenvalue weighted by molar-refractivity contribution is 0.0652. The second kappa shape index (κ2) is 6.80. The number of rotatable bonds is 4. The molecule has 3 nitrogen and oxygen atoms in total. The van der Waals surface area contributed by atoms with E-state index < -0.39 is 6.10 Å². The molecule has 0 amide bonds. The maximum absolute atomic E-state index is 10.4. The van der Waals surface area contributed by atoms with E-state index in [1.807, 2.05) is 24.3 Å². The van der Waals surface area contributed by atoms with Crippen molar-refractivity contribution in [3.63, 3.8) is 0 Å². The van der Waals surface area contributed by atoms with Crippen LogP contribution in [0.1, 0.15) is 45.3 Å². The molecule has 1 aliphatic heterocycles. The number of likely N-dealkylation sites (tertiary alicyclic amines) is 1. The van der Waals surface area contributed by atoms with Crippen molar-refractivity contribution in [2.24, 2.45) is 11.3 Å². The van der Waals surface area contributed by atoms with E-state index in [0.29, 0.717) is 12.0 Å². The van der Waals surface area contributed by atoms with Gasteiger partial charge in [-0.1, -0.05) is 32.9 Å². The molecule has 21 heavy (non-hydrogen) atoms. The minimum Gasteiger partial charge on any atom is -0.497 e. The number of hydrogen-bond acceptors (Lipinski definition) is 3. The zero-order valence-corrected chi connectivity index (χ0v) is 13.8. The summed E-state index contributed by atoms with van der Waals surface area (Å²) < 4.78 is 5.22. The van der Waals surface area contributed by atoms with E-state index in [0.717, 1.165) is 30.3 Å². The molecule has 2 rings (SSSR count). The average molecular weight is 291 g/mol. The maximum atomic E-state index is 10.4. The second-order valence-electron chi connectivity index (χ2n) is 7.23. The Kier molecular flexibility index (Phi) is 5.28. The molecule has 0 saturated carbocycles. The van der Waals surface area contributed by atoms with Crippen LogP contribution in [0.15, 0.2) is 24.3 Å². The van der Waals surface area contributed by atoms with Gasteiger partial charge in [0, 0.05) is 6.54 Å². The Labute approximate surface area is 128 Å². The van der Waals surface area contributed by atoms with Crippen LogP contribution in [0.5, 0.6) is 5.75 Å². The topological polar surface area (TPSA) is 32.7 Å². The van der Waals surface area contributed by atoms with E-state index >= 15 is 0 Å². The van der Waals surface area contributed by atoms with Crippen LogP contribution in [0.2, 0.25) is 0 Å². The van der Waals surface area contributed by atoms with Gasteiger partial charge < -0.3 is 14.7 Å². The number of ether oxygens (including phenoxy) is 1. The lowest BCUT2D eigenvalue weighted by atomic mass is 9.75. The van der Waals surface area contributed by atoms with Crippen molar-refractivity contribution >= 4 is 0 Å². The van der Waals surface area contributed by atoms with Gasteiger partial charge in [0.1, 0.15) is 5.75 Å². The summed E-state index contributed by atoms with van der Waals surface area (Å²) in [6, 6.07) is 7.73. The van der Waals surface area contributed by atoms with Crippen LogP contribution < -0.4 is 4.74 Å². The van der Waals surface area contributed by atoms with E-state index in [9.17, 15) is 5.11 Å². The smallest absolute Gasteiger partial charge is 0.119 e. The van der Waals surface area contributed by atoms with Crippen molar-refractivity contribution in [2.45, 2.75) is 39.7 Å². The molecule has 0 spiro atoms. The van der Waals surface area contributed by atoms with Crippen molar-refractivity contribution in [1.82, 2.24) is 4.90 Å². The average Bonchev–Trinajstić information content (AvgIpc) is 2.47. The summed E-state index contributed by atoms with van der Waals surface area (Å²) in [4.78, 5) is 2.38. The highest BCUT2D eigenvalue weighted by Crippen LogP contribution is 2.34. The molecular formula is C18H29NO2. The van der Waals surface area contributed by atoms with E-state index in [4.69, 9.17) is 4.74 Å². The fourth-order valence-electron chi connectivity index (χ4n) is 3.18. The monoisotopic (exact) mass is 291 g/mol. The number of nitrogens with zero attached hydrogens (tertiary/aromatic N) is 1. The zero-order valence-electron chi connectivity index (χ0n) is 13.8. The number of piperidine rings is 1. The predicted molar refractivity (Wildman–Crippen MR) is 86.6 cm³/mol. The molecule has 0 radical (unpaired) electrons. The molecule has 1 unspecified atom stereocenters. The Hall–Kier alpha value is -1.06. The Morgan fingerprint density at radius 1 is 1.29 bits per heavy atom. The zero-order chi connectivity index (χ0) is 15.5. The van der Waals surface area contributed by atoms with Gasteiger partial charge in [-0.2, -0.15) is 0 Å². The molecule has 3 heteroatoms. The number of benzene rings is 1. The van der Waals surface area contributed by atoms with Gasteiger partial charge in [0.25, 0.3) is 0 Å². The van der Waals surface area contributed by atoms with Crippen LogP contribution in [0, 0.1) is 11.3 Å². The van der Waals surface area contributed by atoms with Crippen molar-refractivity contribution in [3.8, 4) is 5.75 Å². The molecule has 1 fully saturated rings. The summed E-state index contributed by atoms with van der Waals surface area (Å²) in [6.07, 6.45) is 2.02. The Balaban J connectivity index is 1.88. The third-order valence-electron chi connectivity index (χ3n) is 4.72. The number of hydrogen-bond donors (Lipinski definition) is 1. The van der Waals surface area contributed by atoms with E-state index in [2.05, 4.69) is 25.7 Å². The van der Waals surface area contributed by atoms with Gasteiger partial charge in [0.05, 0.1) is 13.2 Å². The van der Waals surface area contributed by atoms with Crippen LogP contribution in [0.4, 0.5) is 0 Å². The summed E-state index contributed by atoms with van der Waals surface area (Å²) >= 11 is 0. The summed E-state index contributed by atoms with van der Waals surface area (Å²) in [7, 11) is 1.66. The van der Waals surface area contributed by atoms with Gasteiger partial charge >= 0.3 is 0 Å². The minimum atomic E-state index is -0.439. The molecule has 1 atom stereocenters. The van der Waals surface area contributed by atoms with E-state index in [1.165, 1.54) is 12.8 Å². The maximum Gasteiger partial charge on any atom is 0.119 e. The first-order chi connectivity index (χ1) is 9.90. The molecule has 0 aliphatic carbocycles. The third-order valence-corrected chi connectivity index (χ3v) is 4.72. The van der Waals surface area contributed by atoms with E-state index in [1.54, 1.807) is 7.11 Å². The van der Waals surface area contributed by atoms with E-state index in [-0.39, 0.29) is 0 Å². The lowest BCUT2D eigenvalue weighted by Gasteiger charge is -2.39. The van der Waals surface area contributed by atoms with Crippen LogP contribution in [-0.2, 0) is 0 Å². The molecule has 1 saturated heterocycles. The molecule has 0 aromatic heterocycles. The standard InChI is InChI=1S/C18H29NO2/c1-18(2,3)15-8-10-19(11-9-15)13-17(20)14-6-5-7-16(12-14)21-4/h5-7,12,15,17,20H,8-11,13H2,1-4H3. The summed E-state index contributed by atoms with van der Waals surface area (Å²) in [5, 5.41) is 10.4. The molecule has 1 aliphatic rings. The second-order valence-corrected chi connectivity index (χ2v) is 7.23. The molecule has 118 valence electrons. The Morgan fingerprint density at radius 2 is 1.95 bits per heavy atom. The van der Waals surface area contributed by atoms with Crippen LogP contribution in [0.3, 0.4) is 0 Å². The molecule has 1 aromatic carbocycles. The first kappa shape index (κ1) is 16.3. The minimum absolute atomic E-state index is 0.400. The number of aliphatic hydroxyl groups excluding tert-OH is 1. The van der Waals surface area contributed by atoms with Gasteiger partial charge in [0.15, 0.2) is 0 Å². The predicted octanol–water partition coefficient (Wildman–Crippen LogP) is 3.49. The summed E-state index contributed by atoms with van der Waals surface area (Å²) in [6.45, 7) is 9.88. The van der Waals surface area contributed by atoms with Gasteiger partial charge in [-0.05, 0) is 55.0 Å². The lowest BCUT2D eigenvalue weighted by Crippen LogP contribution is -2.39. The third kappa shape index (κ3) is 4.45. The van der Waals surface area contributed by atoms with Crippen LogP contribution in [0.25, 0.3) is 0 Å². The SMILES string of the molecule is COc1cccc(C(O)CN2CCC(C(C)(C)C)CC2)c1. The highest BCUT2D eigenvalue weighted by Gasteiger charge is 2.29. The van der Waals surface area contributed by atoms with Crippen molar-refractivity contribution < 1.29 is 9.84 Å². The molecule has 1 heterocycles. The fraction of sp³-hybridized carbons (Fsp3) is 0.667. The normalized spacial score (nSPS) is 19.5. The quantitative estimate of drug-likeness (QED) is 0.922. The van der Waals surface area contributed by atoms with Gasteiger partial charge in [-0.15, -0.1) is 0 Å². The summed E-state index contributed by atoms with van der Waals surface area (Å²) in [5.41, 5.74) is 1.34. The Bertz CT molecular complexity index is 445. The first-order valence-corrected chi connectivity index (χ1v) is 7.94. The van der Waals surface area contributed by atoms with Gasteiger partial charge in [0.2, 0.25) is 0 Å². The highest BCUT2D eigenvalue weighted by molar-refractivity contribution is 5.29. The number of methoxy groups -OCH3 is 1. The van der Waals surface area contributed by atoms with Crippen molar-refractivity contribution in [2.75, 3.05) is 26.7 Å².